The highest BCUT2D eigenvalue weighted by molar-refractivity contribution is 7.14. The molecule has 4 aromatic rings. The minimum Gasteiger partial charge on any atom is -0.366 e. The van der Waals surface area contributed by atoms with Crippen LogP contribution in [0.25, 0.3) is 11.4 Å². The molecule has 6 heteroatoms. The molecule has 0 bridgehead atoms. The van der Waals surface area contributed by atoms with Gasteiger partial charge in [0.1, 0.15) is 0 Å². The van der Waals surface area contributed by atoms with Crippen molar-refractivity contribution in [2.24, 2.45) is 5.73 Å². The summed E-state index contributed by atoms with van der Waals surface area (Å²) in [5.41, 5.74) is 12.2. The lowest BCUT2D eigenvalue weighted by atomic mass is 10.1. The Balaban J connectivity index is 1.62. The third kappa shape index (κ3) is 4.28. The Morgan fingerprint density at radius 3 is 2.53 bits per heavy atom. The van der Waals surface area contributed by atoms with Crippen LogP contribution < -0.4 is 11.1 Å². The molecule has 0 spiro atoms. The summed E-state index contributed by atoms with van der Waals surface area (Å²) in [4.78, 5) is 16.7. The highest BCUT2D eigenvalue weighted by Crippen LogP contribution is 2.30. The van der Waals surface area contributed by atoms with E-state index in [4.69, 9.17) is 10.7 Å². The van der Waals surface area contributed by atoms with Gasteiger partial charge in [-0.3, -0.25) is 4.79 Å². The van der Waals surface area contributed by atoms with E-state index < -0.39 is 5.91 Å². The maximum Gasteiger partial charge on any atom is 0.250 e. The number of nitrogens with one attached hydrogen (secondary N) is 1. The number of rotatable bonds is 7. The molecule has 0 fully saturated rings. The molecule has 5 nitrogen and oxygen atoms in total. The largest absolute Gasteiger partial charge is 0.366 e. The lowest BCUT2D eigenvalue weighted by molar-refractivity contribution is 0.0999. The van der Waals surface area contributed by atoms with Crippen molar-refractivity contribution in [1.82, 2.24) is 9.55 Å². The Bertz CT molecular complexity index is 1160. The average molecular weight is 417 g/mol. The summed E-state index contributed by atoms with van der Waals surface area (Å²) in [5.74, 6) is -0.416. The zero-order chi connectivity index (χ0) is 21.1. The first-order valence-electron chi connectivity index (χ1n) is 9.84. The molecule has 0 aliphatic rings. The highest BCUT2D eigenvalue weighted by Gasteiger charge is 2.18. The lowest BCUT2D eigenvalue weighted by Gasteiger charge is -2.11. The van der Waals surface area contributed by atoms with Crippen molar-refractivity contribution >= 4 is 28.1 Å². The SMILES string of the molecule is Cc1ccc(Nc2nc(-c3cc(C(N)=O)c(C)n3CCc3ccccc3)cs2)cc1. The van der Waals surface area contributed by atoms with Gasteiger partial charge in [0.25, 0.3) is 5.91 Å². The number of carbonyl (C=O) groups excluding carboxylic acids is 1. The number of thiazole rings is 1. The van der Waals surface area contributed by atoms with Crippen LogP contribution in [0.5, 0.6) is 0 Å². The quantitative estimate of drug-likeness (QED) is 0.429. The zero-order valence-electron chi connectivity index (χ0n) is 17.1. The number of carbonyl (C=O) groups is 1. The first kappa shape index (κ1) is 19.9. The monoisotopic (exact) mass is 416 g/mol. The summed E-state index contributed by atoms with van der Waals surface area (Å²) < 4.78 is 2.14. The fourth-order valence-corrected chi connectivity index (χ4v) is 4.21. The molecule has 3 N–H and O–H groups in total. The molecule has 2 aromatic carbocycles. The molecule has 152 valence electrons. The number of aryl methyl sites for hydroxylation is 2. The van der Waals surface area contributed by atoms with Gasteiger partial charge in [0.2, 0.25) is 0 Å². The van der Waals surface area contributed by atoms with Crippen molar-refractivity contribution in [3.63, 3.8) is 0 Å². The Morgan fingerprint density at radius 1 is 1.10 bits per heavy atom. The van der Waals surface area contributed by atoms with Crippen molar-refractivity contribution in [1.29, 1.82) is 0 Å². The van der Waals surface area contributed by atoms with E-state index in [1.165, 1.54) is 22.5 Å². The summed E-state index contributed by atoms with van der Waals surface area (Å²) in [6.45, 7) is 4.75. The Morgan fingerprint density at radius 2 is 1.83 bits per heavy atom. The van der Waals surface area contributed by atoms with Gasteiger partial charge in [0.15, 0.2) is 5.13 Å². The molecule has 0 aliphatic heterocycles. The zero-order valence-corrected chi connectivity index (χ0v) is 17.9. The molecular formula is C24H24N4OS. The van der Waals surface area contributed by atoms with Crippen LogP contribution in [0.2, 0.25) is 0 Å². The molecule has 0 atom stereocenters. The summed E-state index contributed by atoms with van der Waals surface area (Å²) in [6.07, 6.45) is 0.861. The van der Waals surface area contributed by atoms with Crippen LogP contribution >= 0.6 is 11.3 Å². The fraction of sp³-hybridized carbons (Fsp3) is 0.167. The van der Waals surface area contributed by atoms with Crippen LogP contribution in [-0.2, 0) is 13.0 Å². The van der Waals surface area contributed by atoms with Gasteiger partial charge in [-0.2, -0.15) is 0 Å². The molecule has 1 amide bonds. The summed E-state index contributed by atoms with van der Waals surface area (Å²) >= 11 is 1.54. The minimum atomic E-state index is -0.416. The first-order valence-corrected chi connectivity index (χ1v) is 10.7. The van der Waals surface area contributed by atoms with E-state index in [1.54, 1.807) is 0 Å². The molecule has 0 radical (unpaired) electrons. The number of anilines is 2. The second kappa shape index (κ2) is 8.55. The molecule has 30 heavy (non-hydrogen) atoms. The number of aromatic nitrogens is 2. The van der Waals surface area contributed by atoms with Crippen molar-refractivity contribution in [2.75, 3.05) is 5.32 Å². The van der Waals surface area contributed by atoms with Crippen molar-refractivity contribution in [3.8, 4) is 11.4 Å². The highest BCUT2D eigenvalue weighted by atomic mass is 32.1. The number of hydrogen-bond acceptors (Lipinski definition) is 4. The molecular weight excluding hydrogens is 392 g/mol. The molecule has 2 heterocycles. The summed E-state index contributed by atoms with van der Waals surface area (Å²) in [7, 11) is 0. The van der Waals surface area contributed by atoms with Crippen LogP contribution in [0.15, 0.2) is 66.0 Å². The number of amides is 1. The van der Waals surface area contributed by atoms with Crippen LogP contribution in [0.4, 0.5) is 10.8 Å². The van der Waals surface area contributed by atoms with Gasteiger partial charge in [0, 0.05) is 23.3 Å². The van der Waals surface area contributed by atoms with Crippen LogP contribution in [0, 0.1) is 13.8 Å². The number of nitrogens with two attached hydrogens (primary N) is 1. The second-order valence-corrected chi connectivity index (χ2v) is 8.17. The maximum atomic E-state index is 11.9. The third-order valence-corrected chi connectivity index (χ3v) is 5.93. The fourth-order valence-electron chi connectivity index (χ4n) is 3.49. The molecule has 2 aromatic heterocycles. The van der Waals surface area contributed by atoms with Crippen molar-refractivity contribution in [3.05, 3.63) is 88.4 Å². The molecule has 4 rings (SSSR count). The lowest BCUT2D eigenvalue weighted by Crippen LogP contribution is -2.13. The first-order chi connectivity index (χ1) is 14.5. The van der Waals surface area contributed by atoms with Gasteiger partial charge in [-0.05, 0) is 44.0 Å². The topological polar surface area (TPSA) is 72.9 Å². The van der Waals surface area contributed by atoms with Crippen LogP contribution in [0.1, 0.15) is 27.2 Å². The Kier molecular flexibility index (Phi) is 5.68. The van der Waals surface area contributed by atoms with E-state index in [-0.39, 0.29) is 0 Å². The molecule has 0 saturated heterocycles. The smallest absolute Gasteiger partial charge is 0.250 e. The Hall–Kier alpha value is -3.38. The van der Waals surface area contributed by atoms with Gasteiger partial charge < -0.3 is 15.6 Å². The van der Waals surface area contributed by atoms with Gasteiger partial charge in [0.05, 0.1) is 17.0 Å². The number of primary amides is 1. The summed E-state index contributed by atoms with van der Waals surface area (Å²) in [5, 5.41) is 6.17. The summed E-state index contributed by atoms with van der Waals surface area (Å²) in [6, 6.07) is 20.4. The van der Waals surface area contributed by atoms with E-state index in [0.717, 1.165) is 40.9 Å². The predicted octanol–water partition coefficient (Wildman–Crippen LogP) is 5.31. The number of benzene rings is 2. The molecule has 0 unspecified atom stereocenters. The van der Waals surface area contributed by atoms with Gasteiger partial charge in [-0.1, -0.05) is 48.0 Å². The normalized spacial score (nSPS) is 10.9. The van der Waals surface area contributed by atoms with E-state index in [2.05, 4.69) is 41.1 Å². The van der Waals surface area contributed by atoms with Crippen LogP contribution in [0.3, 0.4) is 0 Å². The third-order valence-electron chi connectivity index (χ3n) is 5.17. The van der Waals surface area contributed by atoms with E-state index in [1.807, 2.05) is 48.7 Å². The molecule has 0 saturated carbocycles. The predicted molar refractivity (Wildman–Crippen MR) is 123 cm³/mol. The van der Waals surface area contributed by atoms with Crippen molar-refractivity contribution in [2.45, 2.75) is 26.8 Å². The minimum absolute atomic E-state index is 0.416. The average Bonchev–Trinajstić information content (AvgIpc) is 3.33. The van der Waals surface area contributed by atoms with E-state index >= 15 is 0 Å². The standard InChI is InChI=1S/C24H24N4OS/c1-16-8-10-19(11-9-16)26-24-27-21(15-30-24)22-14-20(23(25)29)17(2)28(22)13-12-18-6-4-3-5-7-18/h3-11,14-15H,12-13H2,1-2H3,(H2,25,29)(H,26,27). The van der Waals surface area contributed by atoms with Gasteiger partial charge in [-0.15, -0.1) is 11.3 Å². The number of nitrogens with zero attached hydrogens (tertiary/aromatic N) is 2. The van der Waals surface area contributed by atoms with E-state index in [9.17, 15) is 4.79 Å². The number of hydrogen-bond donors (Lipinski definition) is 2. The van der Waals surface area contributed by atoms with Gasteiger partial charge >= 0.3 is 0 Å². The van der Waals surface area contributed by atoms with Crippen LogP contribution in [-0.4, -0.2) is 15.5 Å². The van der Waals surface area contributed by atoms with Gasteiger partial charge in [-0.25, -0.2) is 4.98 Å². The Labute approximate surface area is 180 Å². The second-order valence-electron chi connectivity index (χ2n) is 7.31. The van der Waals surface area contributed by atoms with Crippen molar-refractivity contribution < 1.29 is 4.79 Å². The van der Waals surface area contributed by atoms with E-state index in [0.29, 0.717) is 5.56 Å². The molecule has 0 aliphatic carbocycles. The maximum absolute atomic E-state index is 11.9.